The Morgan fingerprint density at radius 1 is 1.15 bits per heavy atom. The average Bonchev–Trinajstić information content (AvgIpc) is 2.43. The van der Waals surface area contributed by atoms with Crippen LogP contribution in [-0.2, 0) is 34.6 Å². The van der Waals surface area contributed by atoms with Gasteiger partial charge in [0.1, 0.15) is 0 Å². The molecule has 0 saturated heterocycles. The van der Waals surface area contributed by atoms with Crippen molar-refractivity contribution >= 4 is 10.1 Å². The summed E-state index contributed by atoms with van der Waals surface area (Å²) in [4.78, 5) is -0.133. The van der Waals surface area contributed by atoms with Crippen LogP contribution in [-0.4, -0.2) is 8.42 Å². The first kappa shape index (κ1) is 20.6. The Morgan fingerprint density at radius 3 is 2.25 bits per heavy atom. The molecule has 0 N–H and O–H groups in total. The van der Waals surface area contributed by atoms with E-state index in [0.717, 1.165) is 12.0 Å². The van der Waals surface area contributed by atoms with Crippen LogP contribution in [0.2, 0.25) is 0 Å². The van der Waals surface area contributed by atoms with E-state index in [-0.39, 0.29) is 56.3 Å². The molecule has 0 spiro atoms. The third kappa shape index (κ3) is 6.55. The Kier molecular flexibility index (Phi) is 10.6. The van der Waals surface area contributed by atoms with E-state index in [1.165, 1.54) is 12.1 Å². The molecular weight excluding hydrogens is 319 g/mol. The van der Waals surface area contributed by atoms with Gasteiger partial charge in [-0.2, -0.15) is 8.42 Å². The molecule has 20 heavy (non-hydrogen) atoms. The van der Waals surface area contributed by atoms with Gasteiger partial charge in [0.15, 0.2) is 0 Å². The fraction of sp³-hybridized carbons (Fsp3) is 0.400. The van der Waals surface area contributed by atoms with Crippen molar-refractivity contribution in [3.8, 4) is 0 Å². The molecular formula is C10H13KO8S. The second-order valence-electron chi connectivity index (χ2n) is 3.67. The fourth-order valence-electron chi connectivity index (χ4n) is 1.31. The van der Waals surface area contributed by atoms with E-state index >= 15 is 0 Å². The predicted octanol–water partition coefficient (Wildman–Crippen LogP) is -2.09. The van der Waals surface area contributed by atoms with Crippen LogP contribution in [0.4, 0.5) is 0 Å². The van der Waals surface area contributed by atoms with Crippen LogP contribution in [0.15, 0.2) is 29.2 Å². The number of benzene rings is 1. The molecule has 0 radical (unpaired) electrons. The molecule has 0 heterocycles. The molecule has 0 aliphatic heterocycles. The molecule has 1 atom stereocenters. The summed E-state index contributed by atoms with van der Waals surface area (Å²) < 4.78 is 27.0. The molecule has 1 aromatic carbocycles. The van der Waals surface area contributed by atoms with Crippen molar-refractivity contribution in [3.63, 3.8) is 0 Å². The maximum atomic E-state index is 11.5. The van der Waals surface area contributed by atoms with Gasteiger partial charge in [-0.1, -0.05) is 30.3 Å². The monoisotopic (exact) mass is 332 g/mol. The molecule has 0 fully saturated rings. The minimum absolute atomic E-state index is 0. The van der Waals surface area contributed by atoms with Crippen LogP contribution in [0.25, 0.3) is 0 Å². The zero-order chi connectivity index (χ0) is 14.3. The molecule has 1 rings (SSSR count). The quantitative estimate of drug-likeness (QED) is 0.231. The zero-order valence-corrected chi connectivity index (χ0v) is 15.2. The molecule has 0 aromatic heterocycles. The summed E-state index contributed by atoms with van der Waals surface area (Å²) in [5, 5.41) is 22.5. The molecule has 1 aromatic rings. The van der Waals surface area contributed by atoms with E-state index in [1.807, 2.05) is 13.8 Å². The van der Waals surface area contributed by atoms with Crippen molar-refractivity contribution < 1.29 is 89.5 Å². The Hall–Kier alpha value is 0.566. The third-order valence-electron chi connectivity index (χ3n) is 2.55. The predicted molar refractivity (Wildman–Crippen MR) is 57.8 cm³/mol. The van der Waals surface area contributed by atoms with Crippen LogP contribution in [0.1, 0.15) is 31.7 Å². The van der Waals surface area contributed by atoms with Gasteiger partial charge >= 0.3 is 61.5 Å². The first-order chi connectivity index (χ1) is 9.01. The largest absolute Gasteiger partial charge is 1.00 e. The molecule has 0 aliphatic carbocycles. The smallest absolute Gasteiger partial charge is 0.689 e. The Balaban J connectivity index is 0.00000361. The van der Waals surface area contributed by atoms with Gasteiger partial charge in [-0.25, -0.2) is 0 Å². The number of rotatable bonds is 8. The summed E-state index contributed by atoms with van der Waals surface area (Å²) in [6.07, 6.45) is 0.937. The van der Waals surface area contributed by atoms with Gasteiger partial charge in [0, 0.05) is 0 Å². The maximum absolute atomic E-state index is 11.5. The summed E-state index contributed by atoms with van der Waals surface area (Å²) >= 11 is 0. The molecule has 8 nitrogen and oxygen atoms in total. The number of hydrogen-bond acceptors (Lipinski definition) is 8. The van der Waals surface area contributed by atoms with Gasteiger partial charge in [-0.15, -0.1) is 0 Å². The van der Waals surface area contributed by atoms with E-state index in [9.17, 15) is 13.7 Å². The molecule has 0 amide bonds. The Bertz CT molecular complexity index is 475. The zero-order valence-electron chi connectivity index (χ0n) is 11.3. The van der Waals surface area contributed by atoms with Gasteiger partial charge in [0.2, 0.25) is 0 Å². The van der Waals surface area contributed by atoms with Crippen molar-refractivity contribution in [2.75, 3.05) is 0 Å². The van der Waals surface area contributed by atoms with Crippen molar-refractivity contribution in [2.45, 2.75) is 31.1 Å². The third-order valence-corrected chi connectivity index (χ3v) is 3.64. The maximum Gasteiger partial charge on any atom is 1.00 e. The van der Waals surface area contributed by atoms with Crippen LogP contribution < -0.4 is 56.6 Å². The Labute approximate surface area is 159 Å². The average molecular weight is 332 g/mol. The fourth-order valence-corrected chi connectivity index (χ4v) is 1.95. The van der Waals surface area contributed by atoms with Gasteiger partial charge < -0.3 is 5.26 Å². The summed E-state index contributed by atoms with van der Waals surface area (Å²) in [5.41, 5.74) is 1.00. The van der Waals surface area contributed by atoms with E-state index < -0.39 is 10.1 Å². The summed E-state index contributed by atoms with van der Waals surface area (Å²) in [5.74, 6) is 0.319. The topological polar surface area (TPSA) is 103 Å². The van der Waals surface area contributed by atoms with Crippen molar-refractivity contribution in [2.24, 2.45) is 0 Å². The molecule has 0 aliphatic rings. The first-order valence-electron chi connectivity index (χ1n) is 5.34. The van der Waals surface area contributed by atoms with Gasteiger partial charge in [0.05, 0.1) is 4.90 Å². The molecule has 108 valence electrons. The van der Waals surface area contributed by atoms with E-state index in [2.05, 4.69) is 24.5 Å². The van der Waals surface area contributed by atoms with E-state index in [1.54, 1.807) is 12.1 Å². The standard InChI is InChI=1S/C10H14O8S.K/c1-3-8(2)9-4-6-10(7-5-9)19(12,13)18-17-16-15-14-11;/h4-8,11H,3H2,1-2H3;/q;+1/p-1. The second-order valence-corrected chi connectivity index (χ2v) is 5.19. The minimum Gasteiger partial charge on any atom is -0.689 e. The van der Waals surface area contributed by atoms with E-state index in [0.29, 0.717) is 5.92 Å². The minimum atomic E-state index is -4.17. The Morgan fingerprint density at radius 2 is 1.75 bits per heavy atom. The molecule has 1 unspecified atom stereocenters. The van der Waals surface area contributed by atoms with E-state index in [4.69, 9.17) is 0 Å². The first-order valence-corrected chi connectivity index (χ1v) is 6.75. The molecule has 10 heteroatoms. The van der Waals surface area contributed by atoms with Crippen molar-refractivity contribution in [1.82, 2.24) is 0 Å². The van der Waals surface area contributed by atoms with Crippen LogP contribution >= 0.6 is 0 Å². The SMILES string of the molecule is CCC(C)c1ccc(S(=O)(=O)OOOOO[O-])cc1.[K+]. The second kappa shape index (κ2) is 10.3. The summed E-state index contributed by atoms with van der Waals surface area (Å²) in [6.45, 7) is 4.05. The van der Waals surface area contributed by atoms with Crippen molar-refractivity contribution in [3.05, 3.63) is 29.8 Å². The van der Waals surface area contributed by atoms with Crippen LogP contribution in [0.5, 0.6) is 0 Å². The van der Waals surface area contributed by atoms with Crippen molar-refractivity contribution in [1.29, 1.82) is 0 Å². The van der Waals surface area contributed by atoms with Gasteiger partial charge in [-0.3, -0.25) is 5.04 Å². The summed E-state index contributed by atoms with van der Waals surface area (Å²) in [7, 11) is -4.17. The summed E-state index contributed by atoms with van der Waals surface area (Å²) in [6, 6.07) is 6.07. The van der Waals surface area contributed by atoms with Crippen LogP contribution in [0, 0.1) is 0 Å². The van der Waals surface area contributed by atoms with Gasteiger partial charge in [0.25, 0.3) is 0 Å². The molecule has 0 saturated carbocycles. The van der Waals surface area contributed by atoms with Gasteiger partial charge in [-0.05, 0) is 45.1 Å². The normalized spacial score (nSPS) is 12.8. The number of hydrogen-bond donors (Lipinski definition) is 0. The van der Waals surface area contributed by atoms with Crippen LogP contribution in [0.3, 0.4) is 0 Å². The molecule has 0 bridgehead atoms.